The van der Waals surface area contributed by atoms with Gasteiger partial charge in [-0.25, -0.2) is 4.79 Å². The van der Waals surface area contributed by atoms with Crippen molar-refractivity contribution in [3.05, 3.63) is 0 Å². The zero-order valence-electron chi connectivity index (χ0n) is 19.6. The van der Waals surface area contributed by atoms with Gasteiger partial charge in [-0.2, -0.15) is 0 Å². The van der Waals surface area contributed by atoms with Gasteiger partial charge in [0.15, 0.2) is 5.96 Å². The van der Waals surface area contributed by atoms with Gasteiger partial charge in [0.25, 0.3) is 0 Å². The number of nitrogens with one attached hydrogen (secondary N) is 1. The number of morpholine rings is 1. The highest BCUT2D eigenvalue weighted by Gasteiger charge is 2.32. The minimum Gasteiger partial charge on any atom is -0.444 e. The van der Waals surface area contributed by atoms with E-state index >= 15 is 0 Å². The van der Waals surface area contributed by atoms with Gasteiger partial charge in [-0.3, -0.25) is 4.99 Å². The highest BCUT2D eigenvalue weighted by atomic mass is 127. The standard InChI is InChI=1S/C22H40N4O4.HI/c1-22(2,3)30-21(27)26-11-5-7-17(15-26)9-10-24-20(23-4)25-12-14-29-19(16-25)18-8-6-13-28-18;/h17-19H,5-16H2,1-4H3,(H,23,24);1H. The van der Waals surface area contributed by atoms with E-state index in [0.717, 1.165) is 77.4 Å². The van der Waals surface area contributed by atoms with Gasteiger partial charge in [0.1, 0.15) is 11.7 Å². The summed E-state index contributed by atoms with van der Waals surface area (Å²) in [6.45, 7) is 11.4. The molecule has 3 atom stereocenters. The van der Waals surface area contributed by atoms with Crippen molar-refractivity contribution < 1.29 is 19.0 Å². The SMILES string of the molecule is CN=C(NCCC1CCCN(C(=O)OC(C)(C)C)C1)N1CCOC(C2CCCO2)C1.I. The molecule has 3 aliphatic rings. The van der Waals surface area contributed by atoms with E-state index in [2.05, 4.69) is 15.2 Å². The van der Waals surface area contributed by atoms with E-state index in [1.165, 1.54) is 0 Å². The molecule has 1 N–H and O–H groups in total. The van der Waals surface area contributed by atoms with Crippen LogP contribution in [0.25, 0.3) is 0 Å². The topological polar surface area (TPSA) is 75.6 Å². The van der Waals surface area contributed by atoms with Gasteiger partial charge in [0, 0.05) is 46.4 Å². The van der Waals surface area contributed by atoms with Crippen molar-refractivity contribution in [2.24, 2.45) is 10.9 Å². The number of nitrogens with zero attached hydrogens (tertiary/aromatic N) is 3. The van der Waals surface area contributed by atoms with Gasteiger partial charge in [0.05, 0.1) is 12.7 Å². The van der Waals surface area contributed by atoms with Crippen LogP contribution in [0.2, 0.25) is 0 Å². The molecule has 180 valence electrons. The number of amides is 1. The molecule has 3 fully saturated rings. The molecule has 0 saturated carbocycles. The quantitative estimate of drug-likeness (QED) is 0.328. The number of hydrogen-bond acceptors (Lipinski definition) is 5. The largest absolute Gasteiger partial charge is 0.444 e. The molecule has 3 saturated heterocycles. The molecule has 31 heavy (non-hydrogen) atoms. The molecule has 0 aliphatic carbocycles. The van der Waals surface area contributed by atoms with Gasteiger partial charge in [0.2, 0.25) is 0 Å². The number of carbonyl (C=O) groups excluding carboxylic acids is 1. The molecule has 0 radical (unpaired) electrons. The normalized spacial score (nSPS) is 27.6. The number of guanidine groups is 1. The average Bonchev–Trinajstić information content (AvgIpc) is 3.25. The fourth-order valence-corrected chi connectivity index (χ4v) is 4.50. The summed E-state index contributed by atoms with van der Waals surface area (Å²) < 4.78 is 17.3. The number of likely N-dealkylation sites (tertiary alicyclic amines) is 1. The number of piperidine rings is 1. The van der Waals surface area contributed by atoms with Crippen molar-refractivity contribution in [3.8, 4) is 0 Å². The van der Waals surface area contributed by atoms with Crippen molar-refractivity contribution >= 4 is 36.0 Å². The average molecular weight is 552 g/mol. The molecular weight excluding hydrogens is 511 g/mol. The number of halogens is 1. The lowest BCUT2D eigenvalue weighted by molar-refractivity contribution is -0.0817. The number of rotatable bonds is 4. The molecule has 0 aromatic rings. The Labute approximate surface area is 204 Å². The molecule has 3 aliphatic heterocycles. The van der Waals surface area contributed by atoms with E-state index in [4.69, 9.17) is 14.2 Å². The Balaban J connectivity index is 0.00000341. The van der Waals surface area contributed by atoms with Crippen LogP contribution in [0.4, 0.5) is 4.79 Å². The first-order valence-electron chi connectivity index (χ1n) is 11.5. The Morgan fingerprint density at radius 3 is 2.52 bits per heavy atom. The molecule has 3 unspecified atom stereocenters. The van der Waals surface area contributed by atoms with E-state index in [0.29, 0.717) is 12.5 Å². The minimum absolute atomic E-state index is 0. The Hall–Kier alpha value is -0.810. The van der Waals surface area contributed by atoms with Gasteiger partial charge in [-0.1, -0.05) is 0 Å². The second kappa shape index (κ2) is 12.4. The summed E-state index contributed by atoms with van der Waals surface area (Å²) in [7, 11) is 1.84. The van der Waals surface area contributed by atoms with Gasteiger partial charge >= 0.3 is 6.09 Å². The third-order valence-electron chi connectivity index (χ3n) is 5.99. The van der Waals surface area contributed by atoms with Crippen molar-refractivity contribution in [1.29, 1.82) is 0 Å². The van der Waals surface area contributed by atoms with Crippen LogP contribution >= 0.6 is 24.0 Å². The van der Waals surface area contributed by atoms with Gasteiger partial charge < -0.3 is 29.3 Å². The summed E-state index contributed by atoms with van der Waals surface area (Å²) in [5.41, 5.74) is -0.447. The second-order valence-electron chi connectivity index (χ2n) is 9.60. The summed E-state index contributed by atoms with van der Waals surface area (Å²) in [4.78, 5) is 21.0. The third-order valence-corrected chi connectivity index (χ3v) is 5.99. The fraction of sp³-hybridized carbons (Fsp3) is 0.909. The van der Waals surface area contributed by atoms with E-state index in [9.17, 15) is 4.79 Å². The molecule has 3 rings (SSSR count). The number of ether oxygens (including phenoxy) is 3. The van der Waals surface area contributed by atoms with Gasteiger partial charge in [-0.05, 0) is 58.8 Å². The first-order valence-corrected chi connectivity index (χ1v) is 11.5. The lowest BCUT2D eigenvalue weighted by Crippen LogP contribution is -2.53. The monoisotopic (exact) mass is 552 g/mol. The van der Waals surface area contributed by atoms with Gasteiger partial charge in [-0.15, -0.1) is 24.0 Å². The maximum absolute atomic E-state index is 12.4. The van der Waals surface area contributed by atoms with Crippen molar-refractivity contribution in [1.82, 2.24) is 15.1 Å². The summed E-state index contributed by atoms with van der Waals surface area (Å²) >= 11 is 0. The summed E-state index contributed by atoms with van der Waals surface area (Å²) in [6, 6.07) is 0. The minimum atomic E-state index is -0.447. The van der Waals surface area contributed by atoms with E-state index in [-0.39, 0.29) is 42.3 Å². The summed E-state index contributed by atoms with van der Waals surface area (Å²) in [5, 5.41) is 3.52. The predicted octanol–water partition coefficient (Wildman–Crippen LogP) is 3.10. The number of carbonyl (C=O) groups is 1. The number of hydrogen-bond donors (Lipinski definition) is 1. The molecule has 0 spiro atoms. The van der Waals surface area contributed by atoms with Crippen molar-refractivity contribution in [2.75, 3.05) is 53.0 Å². The summed E-state index contributed by atoms with van der Waals surface area (Å²) in [5.74, 6) is 1.42. The smallest absolute Gasteiger partial charge is 0.410 e. The molecule has 3 heterocycles. The maximum atomic E-state index is 12.4. The van der Waals surface area contributed by atoms with Crippen molar-refractivity contribution in [2.45, 2.75) is 70.7 Å². The first kappa shape index (κ1) is 26.4. The van der Waals surface area contributed by atoms with Crippen LogP contribution in [-0.2, 0) is 14.2 Å². The molecule has 0 aromatic carbocycles. The van der Waals surface area contributed by atoms with Crippen LogP contribution in [0.1, 0.15) is 52.9 Å². The highest BCUT2D eigenvalue weighted by molar-refractivity contribution is 14.0. The Morgan fingerprint density at radius 1 is 1.06 bits per heavy atom. The molecule has 1 amide bonds. The zero-order valence-corrected chi connectivity index (χ0v) is 21.9. The molecule has 9 heteroatoms. The van der Waals surface area contributed by atoms with E-state index < -0.39 is 5.60 Å². The van der Waals surface area contributed by atoms with E-state index in [1.54, 1.807) is 0 Å². The van der Waals surface area contributed by atoms with Crippen LogP contribution < -0.4 is 5.32 Å². The molecule has 8 nitrogen and oxygen atoms in total. The molecular formula is C22H41IN4O4. The Bertz CT molecular complexity index is 593. The zero-order chi connectivity index (χ0) is 21.6. The lowest BCUT2D eigenvalue weighted by atomic mass is 9.95. The fourth-order valence-electron chi connectivity index (χ4n) is 4.50. The van der Waals surface area contributed by atoms with E-state index in [1.807, 2.05) is 32.7 Å². The highest BCUT2D eigenvalue weighted by Crippen LogP contribution is 2.22. The summed E-state index contributed by atoms with van der Waals surface area (Å²) in [6.07, 6.45) is 5.55. The van der Waals surface area contributed by atoms with Crippen LogP contribution in [-0.4, -0.2) is 92.6 Å². The molecule has 0 bridgehead atoms. The van der Waals surface area contributed by atoms with Crippen LogP contribution in [0.5, 0.6) is 0 Å². The third kappa shape index (κ3) is 8.24. The lowest BCUT2D eigenvalue weighted by Gasteiger charge is -2.37. The van der Waals surface area contributed by atoms with Crippen LogP contribution in [0, 0.1) is 5.92 Å². The Morgan fingerprint density at radius 2 is 1.84 bits per heavy atom. The number of aliphatic imine (C=N–C) groups is 1. The predicted molar refractivity (Wildman–Crippen MR) is 132 cm³/mol. The maximum Gasteiger partial charge on any atom is 0.410 e. The van der Waals surface area contributed by atoms with Crippen molar-refractivity contribution in [3.63, 3.8) is 0 Å². The second-order valence-corrected chi connectivity index (χ2v) is 9.60. The Kier molecular flexibility index (Phi) is 10.6. The molecule has 0 aromatic heterocycles. The van der Waals surface area contributed by atoms with Crippen LogP contribution in [0.15, 0.2) is 4.99 Å². The first-order chi connectivity index (χ1) is 14.4. The van der Waals surface area contributed by atoms with Crippen LogP contribution in [0.3, 0.4) is 0 Å².